The van der Waals surface area contributed by atoms with E-state index in [4.69, 9.17) is 10.5 Å². The van der Waals surface area contributed by atoms with Crippen molar-refractivity contribution in [2.45, 2.75) is 44.0 Å². The number of carbonyl (C=O) groups is 2. The molecule has 1 atom stereocenters. The average Bonchev–Trinajstić information content (AvgIpc) is 3.25. The molecule has 0 aliphatic carbocycles. The molecule has 198 valence electrons. The van der Waals surface area contributed by atoms with Crippen molar-refractivity contribution in [3.8, 4) is 17.0 Å². The van der Waals surface area contributed by atoms with Gasteiger partial charge in [-0.25, -0.2) is 9.97 Å². The van der Waals surface area contributed by atoms with E-state index in [1.165, 1.54) is 6.92 Å². The van der Waals surface area contributed by atoms with Crippen LogP contribution in [-0.4, -0.2) is 51.5 Å². The van der Waals surface area contributed by atoms with Crippen molar-refractivity contribution < 1.29 is 27.5 Å². The third-order valence-corrected chi connectivity index (χ3v) is 6.93. The number of carbonyl (C=O) groups excluding carboxylic acids is 2. The highest BCUT2D eigenvalue weighted by molar-refractivity contribution is 5.97. The highest BCUT2D eigenvalue weighted by Crippen LogP contribution is 2.42. The monoisotopic (exact) mass is 526 g/mol. The fourth-order valence-corrected chi connectivity index (χ4v) is 4.69. The highest BCUT2D eigenvalue weighted by atomic mass is 19.4. The fourth-order valence-electron chi connectivity index (χ4n) is 4.69. The van der Waals surface area contributed by atoms with Crippen molar-refractivity contribution in [3.05, 3.63) is 65.7 Å². The molecule has 1 spiro atoms. The first-order chi connectivity index (χ1) is 18.0. The number of hydrogen-bond acceptors (Lipinski definition) is 7. The molecule has 3 N–H and O–H groups in total. The SMILES string of the molecule is C[C@H](NC(=O)c1ccc(-c2cc3c(cn2)OC2(CCN(c4cnc(C(F)(F)F)cn4)CC2)C3)cc1)C(N)=O. The van der Waals surface area contributed by atoms with E-state index >= 15 is 0 Å². The van der Waals surface area contributed by atoms with E-state index in [1.54, 1.807) is 30.5 Å². The third-order valence-electron chi connectivity index (χ3n) is 6.93. The molecule has 2 aromatic heterocycles. The highest BCUT2D eigenvalue weighted by Gasteiger charge is 2.43. The minimum absolute atomic E-state index is 0.395. The van der Waals surface area contributed by atoms with E-state index in [1.807, 2.05) is 11.0 Å². The Morgan fingerprint density at radius 3 is 2.39 bits per heavy atom. The topological polar surface area (TPSA) is 123 Å². The predicted molar refractivity (Wildman–Crippen MR) is 131 cm³/mol. The molecule has 0 bridgehead atoms. The lowest BCUT2D eigenvalue weighted by Crippen LogP contribution is -2.47. The summed E-state index contributed by atoms with van der Waals surface area (Å²) in [4.78, 5) is 37.4. The molecule has 38 heavy (non-hydrogen) atoms. The number of anilines is 1. The lowest BCUT2D eigenvalue weighted by molar-refractivity contribution is -0.141. The number of rotatable bonds is 5. The summed E-state index contributed by atoms with van der Waals surface area (Å²) in [6.07, 6.45) is 1.14. The Morgan fingerprint density at radius 2 is 1.79 bits per heavy atom. The molecule has 9 nitrogen and oxygen atoms in total. The van der Waals surface area contributed by atoms with Gasteiger partial charge < -0.3 is 20.7 Å². The summed E-state index contributed by atoms with van der Waals surface area (Å²) in [5.41, 5.74) is 6.76. The van der Waals surface area contributed by atoms with Gasteiger partial charge in [-0.1, -0.05) is 12.1 Å². The molecule has 12 heteroatoms. The number of nitrogens with one attached hydrogen (secondary N) is 1. The number of alkyl halides is 3. The number of amides is 2. The van der Waals surface area contributed by atoms with Crippen molar-refractivity contribution in [2.75, 3.05) is 18.0 Å². The van der Waals surface area contributed by atoms with Crippen LogP contribution in [0.15, 0.2) is 48.9 Å². The fraction of sp³-hybridized carbons (Fsp3) is 0.346. The molecule has 4 heterocycles. The van der Waals surface area contributed by atoms with E-state index < -0.39 is 35.3 Å². The van der Waals surface area contributed by atoms with Gasteiger partial charge in [-0.05, 0) is 25.1 Å². The Hall–Kier alpha value is -4.22. The van der Waals surface area contributed by atoms with Crippen LogP contribution in [0.25, 0.3) is 11.3 Å². The van der Waals surface area contributed by atoms with Crippen LogP contribution >= 0.6 is 0 Å². The maximum Gasteiger partial charge on any atom is 0.434 e. The minimum Gasteiger partial charge on any atom is -0.485 e. The third kappa shape index (κ3) is 5.11. The summed E-state index contributed by atoms with van der Waals surface area (Å²) in [6, 6.07) is 8.09. The van der Waals surface area contributed by atoms with Crippen molar-refractivity contribution >= 4 is 17.6 Å². The molecule has 2 aliphatic rings. The van der Waals surface area contributed by atoms with Gasteiger partial charge in [0.05, 0.1) is 24.3 Å². The molecule has 3 aromatic rings. The summed E-state index contributed by atoms with van der Waals surface area (Å²) in [7, 11) is 0. The smallest absolute Gasteiger partial charge is 0.434 e. The number of piperidine rings is 1. The van der Waals surface area contributed by atoms with Crippen molar-refractivity contribution in [1.82, 2.24) is 20.3 Å². The minimum atomic E-state index is -4.52. The zero-order chi connectivity index (χ0) is 27.1. The number of nitrogens with two attached hydrogens (primary N) is 1. The second kappa shape index (κ2) is 9.58. The van der Waals surface area contributed by atoms with Gasteiger partial charge >= 0.3 is 6.18 Å². The van der Waals surface area contributed by atoms with Crippen LogP contribution in [0.1, 0.15) is 41.4 Å². The molecule has 2 amide bonds. The van der Waals surface area contributed by atoms with Crippen LogP contribution in [0.2, 0.25) is 0 Å². The van der Waals surface area contributed by atoms with E-state index in [0.717, 1.165) is 29.2 Å². The van der Waals surface area contributed by atoms with E-state index in [2.05, 4.69) is 20.3 Å². The Morgan fingerprint density at radius 1 is 1.08 bits per heavy atom. The van der Waals surface area contributed by atoms with E-state index in [9.17, 15) is 22.8 Å². The zero-order valence-electron chi connectivity index (χ0n) is 20.5. The molecule has 2 aliphatic heterocycles. The average molecular weight is 527 g/mol. The Balaban J connectivity index is 1.23. The van der Waals surface area contributed by atoms with Crippen LogP contribution in [0.5, 0.6) is 5.75 Å². The van der Waals surface area contributed by atoms with Gasteiger partial charge in [-0.15, -0.1) is 0 Å². The Kier molecular flexibility index (Phi) is 6.41. The summed E-state index contributed by atoms with van der Waals surface area (Å²) in [5, 5.41) is 2.54. The molecule has 0 radical (unpaired) electrons. The first-order valence-electron chi connectivity index (χ1n) is 12.1. The van der Waals surface area contributed by atoms with Gasteiger partial charge in [-0.2, -0.15) is 13.2 Å². The molecule has 1 aromatic carbocycles. The second-order valence-electron chi connectivity index (χ2n) is 9.56. The van der Waals surface area contributed by atoms with Gasteiger partial charge in [0.15, 0.2) is 5.69 Å². The first-order valence-corrected chi connectivity index (χ1v) is 12.1. The Bertz CT molecular complexity index is 1350. The maximum atomic E-state index is 12.8. The standard InChI is InChI=1S/C26H25F3N6O3/c1-15(23(30)36)34-24(37)17-4-2-16(3-5-17)19-10-18-11-25(38-20(18)12-31-19)6-8-35(9-7-25)22-14-32-21(13-33-22)26(27,28)29/h2-5,10,12-15H,6-9,11H2,1H3,(H2,30,36)(H,34,37)/t15-/m0/s1. The first kappa shape index (κ1) is 25.4. The van der Waals surface area contributed by atoms with Crippen LogP contribution in [0.4, 0.5) is 19.0 Å². The number of pyridine rings is 1. The number of halogens is 3. The predicted octanol–water partition coefficient (Wildman–Crippen LogP) is 3.14. The summed E-state index contributed by atoms with van der Waals surface area (Å²) in [6.45, 7) is 2.67. The summed E-state index contributed by atoms with van der Waals surface area (Å²) in [5.74, 6) is 0.117. The largest absolute Gasteiger partial charge is 0.485 e. The van der Waals surface area contributed by atoms with Gasteiger partial charge in [0.1, 0.15) is 23.2 Å². The van der Waals surface area contributed by atoms with Crippen molar-refractivity contribution in [2.24, 2.45) is 5.73 Å². The van der Waals surface area contributed by atoms with E-state index in [0.29, 0.717) is 49.5 Å². The maximum absolute atomic E-state index is 12.8. The molecule has 0 unspecified atom stereocenters. The second-order valence-corrected chi connectivity index (χ2v) is 9.56. The summed E-state index contributed by atoms with van der Waals surface area (Å²) >= 11 is 0. The number of benzene rings is 1. The molecular formula is C26H25F3N6O3. The van der Waals surface area contributed by atoms with Crippen LogP contribution in [-0.2, 0) is 17.4 Å². The van der Waals surface area contributed by atoms with E-state index in [-0.39, 0.29) is 0 Å². The van der Waals surface area contributed by atoms with Gasteiger partial charge in [0.25, 0.3) is 5.91 Å². The molecular weight excluding hydrogens is 501 g/mol. The lowest BCUT2D eigenvalue weighted by atomic mass is 9.87. The van der Waals surface area contributed by atoms with Crippen LogP contribution in [0, 0.1) is 0 Å². The number of aromatic nitrogens is 3. The number of hydrogen-bond donors (Lipinski definition) is 2. The number of ether oxygens (including phenoxy) is 1. The van der Waals surface area contributed by atoms with Gasteiger partial charge in [0, 0.05) is 49.0 Å². The van der Waals surface area contributed by atoms with Crippen molar-refractivity contribution in [1.29, 1.82) is 0 Å². The lowest BCUT2D eigenvalue weighted by Gasteiger charge is -2.39. The number of fused-ring (bicyclic) bond motifs is 1. The van der Waals surface area contributed by atoms with Gasteiger partial charge in [0.2, 0.25) is 5.91 Å². The molecule has 5 rings (SSSR count). The molecule has 1 fully saturated rings. The zero-order valence-corrected chi connectivity index (χ0v) is 20.5. The van der Waals surface area contributed by atoms with Crippen molar-refractivity contribution in [3.63, 3.8) is 0 Å². The normalized spacial score (nSPS) is 17.0. The quantitative estimate of drug-likeness (QED) is 0.524. The number of nitrogens with zero attached hydrogens (tertiary/aromatic N) is 4. The van der Waals surface area contributed by atoms with Gasteiger partial charge in [-0.3, -0.25) is 14.6 Å². The van der Waals surface area contributed by atoms with Crippen LogP contribution < -0.4 is 20.7 Å². The summed E-state index contributed by atoms with van der Waals surface area (Å²) < 4.78 is 44.6. The molecule has 1 saturated heterocycles. The molecule has 0 saturated carbocycles. The van der Waals surface area contributed by atoms with Crippen LogP contribution in [0.3, 0.4) is 0 Å². The number of primary amides is 1. The Labute approximate surface area is 216 Å².